The van der Waals surface area contributed by atoms with E-state index in [-0.39, 0.29) is 11.1 Å². The number of aryl methyl sites for hydroxylation is 2. The Morgan fingerprint density at radius 3 is 2.68 bits per heavy atom. The molecule has 0 spiro atoms. The monoisotopic (exact) mass is 380 g/mol. The molecule has 1 aliphatic heterocycles. The van der Waals surface area contributed by atoms with Gasteiger partial charge in [-0.05, 0) is 50.8 Å². The molecule has 0 aliphatic carbocycles. The van der Waals surface area contributed by atoms with Crippen LogP contribution in [0.2, 0.25) is 0 Å². The Morgan fingerprint density at radius 2 is 1.93 bits per heavy atom. The summed E-state index contributed by atoms with van der Waals surface area (Å²) in [5, 5.41) is 1.04. The van der Waals surface area contributed by atoms with Crippen LogP contribution in [-0.4, -0.2) is 51.3 Å². The first-order valence-electron chi connectivity index (χ1n) is 9.84. The molecule has 0 unspecified atom stereocenters. The van der Waals surface area contributed by atoms with Crippen molar-refractivity contribution in [2.45, 2.75) is 39.8 Å². The Hall–Kier alpha value is -2.44. The van der Waals surface area contributed by atoms with Gasteiger partial charge in [0.15, 0.2) is 0 Å². The largest absolute Gasteiger partial charge is 0.379 e. The molecular weight excluding hydrogens is 352 g/mol. The molecular formula is C22H28N4O2. The normalized spacial score (nSPS) is 16.0. The summed E-state index contributed by atoms with van der Waals surface area (Å²) in [4.78, 5) is 22.9. The maximum Gasteiger partial charge on any atom is 0.259 e. The van der Waals surface area contributed by atoms with Crippen LogP contribution in [0.3, 0.4) is 0 Å². The van der Waals surface area contributed by atoms with Crippen LogP contribution in [0.25, 0.3) is 22.3 Å². The van der Waals surface area contributed by atoms with Gasteiger partial charge in [0.1, 0.15) is 5.82 Å². The maximum atomic E-state index is 12.9. The topological polar surface area (TPSA) is 63.2 Å². The zero-order chi connectivity index (χ0) is 19.9. The van der Waals surface area contributed by atoms with Gasteiger partial charge < -0.3 is 14.3 Å². The van der Waals surface area contributed by atoms with Gasteiger partial charge >= 0.3 is 0 Å². The SMILES string of the molecule is Cc1cc(C)c2[nH]c(=O)c(-c3nccn3CC(C)(C)N3CCOCC3)cc2c1. The molecule has 148 valence electrons. The lowest BCUT2D eigenvalue weighted by molar-refractivity contribution is -0.0155. The second-order valence-corrected chi connectivity index (χ2v) is 8.35. The molecule has 6 nitrogen and oxygen atoms in total. The Kier molecular flexibility index (Phi) is 4.85. The summed E-state index contributed by atoms with van der Waals surface area (Å²) in [6, 6.07) is 6.16. The van der Waals surface area contributed by atoms with Gasteiger partial charge in [-0.15, -0.1) is 0 Å². The highest BCUT2D eigenvalue weighted by Crippen LogP contribution is 2.25. The van der Waals surface area contributed by atoms with E-state index < -0.39 is 0 Å². The minimum Gasteiger partial charge on any atom is -0.379 e. The average Bonchev–Trinajstić information content (AvgIpc) is 3.10. The van der Waals surface area contributed by atoms with Gasteiger partial charge in [-0.25, -0.2) is 4.98 Å². The van der Waals surface area contributed by atoms with Crippen molar-refractivity contribution < 1.29 is 4.74 Å². The number of hydrogen-bond acceptors (Lipinski definition) is 4. The first kappa shape index (κ1) is 18.9. The van der Waals surface area contributed by atoms with E-state index in [1.54, 1.807) is 6.20 Å². The van der Waals surface area contributed by atoms with Crippen LogP contribution in [-0.2, 0) is 11.3 Å². The predicted octanol–water partition coefficient (Wildman–Crippen LogP) is 3.12. The first-order chi connectivity index (χ1) is 13.3. The molecule has 3 heterocycles. The second kappa shape index (κ2) is 7.18. The van der Waals surface area contributed by atoms with Crippen LogP contribution < -0.4 is 5.56 Å². The summed E-state index contributed by atoms with van der Waals surface area (Å²) in [7, 11) is 0. The van der Waals surface area contributed by atoms with E-state index >= 15 is 0 Å². The van der Waals surface area contributed by atoms with E-state index in [1.165, 1.54) is 5.56 Å². The number of fused-ring (bicyclic) bond motifs is 1. The molecule has 0 saturated carbocycles. The predicted molar refractivity (Wildman–Crippen MR) is 112 cm³/mol. The molecule has 1 aliphatic rings. The number of morpholine rings is 1. The Bertz CT molecular complexity index is 1060. The third-order valence-electron chi connectivity index (χ3n) is 5.67. The van der Waals surface area contributed by atoms with E-state index in [0.29, 0.717) is 11.4 Å². The summed E-state index contributed by atoms with van der Waals surface area (Å²) in [6.45, 7) is 12.7. The highest BCUT2D eigenvalue weighted by molar-refractivity contribution is 5.85. The van der Waals surface area contributed by atoms with E-state index in [4.69, 9.17) is 4.74 Å². The van der Waals surface area contributed by atoms with Crippen molar-refractivity contribution in [3.05, 3.63) is 52.1 Å². The third-order valence-corrected chi connectivity index (χ3v) is 5.67. The third kappa shape index (κ3) is 3.50. The van der Waals surface area contributed by atoms with Gasteiger partial charge in [0, 0.05) is 37.6 Å². The summed E-state index contributed by atoms with van der Waals surface area (Å²) >= 11 is 0. The lowest BCUT2D eigenvalue weighted by atomic mass is 10.0. The van der Waals surface area contributed by atoms with Crippen LogP contribution in [0.4, 0.5) is 0 Å². The smallest absolute Gasteiger partial charge is 0.259 e. The average molecular weight is 380 g/mol. The molecule has 3 aromatic rings. The number of hydrogen-bond donors (Lipinski definition) is 1. The fraction of sp³-hybridized carbons (Fsp3) is 0.455. The number of imidazole rings is 1. The van der Waals surface area contributed by atoms with Gasteiger partial charge in [-0.2, -0.15) is 0 Å². The van der Waals surface area contributed by atoms with E-state index in [2.05, 4.69) is 52.3 Å². The van der Waals surface area contributed by atoms with Gasteiger partial charge in [0.05, 0.1) is 24.3 Å². The highest BCUT2D eigenvalue weighted by atomic mass is 16.5. The molecule has 28 heavy (non-hydrogen) atoms. The summed E-state index contributed by atoms with van der Waals surface area (Å²) in [5.74, 6) is 0.712. The molecule has 1 aromatic carbocycles. The zero-order valence-corrected chi connectivity index (χ0v) is 17.1. The number of pyridine rings is 1. The fourth-order valence-electron chi connectivity index (χ4n) is 4.22. The quantitative estimate of drug-likeness (QED) is 0.755. The number of nitrogens with one attached hydrogen (secondary N) is 1. The van der Waals surface area contributed by atoms with Crippen LogP contribution in [0.15, 0.2) is 35.4 Å². The number of rotatable bonds is 4. The number of aromatic nitrogens is 3. The number of aromatic amines is 1. The van der Waals surface area contributed by atoms with Crippen molar-refractivity contribution in [1.82, 2.24) is 19.4 Å². The van der Waals surface area contributed by atoms with Crippen molar-refractivity contribution in [3.63, 3.8) is 0 Å². The molecule has 2 aromatic heterocycles. The van der Waals surface area contributed by atoms with Gasteiger partial charge in [0.25, 0.3) is 5.56 Å². The first-order valence-corrected chi connectivity index (χ1v) is 9.84. The number of benzene rings is 1. The van der Waals surface area contributed by atoms with Crippen LogP contribution in [0.5, 0.6) is 0 Å². The molecule has 0 bridgehead atoms. The maximum absolute atomic E-state index is 12.9. The van der Waals surface area contributed by atoms with Crippen LogP contribution in [0.1, 0.15) is 25.0 Å². The summed E-state index contributed by atoms with van der Waals surface area (Å²) in [6.07, 6.45) is 3.73. The number of nitrogens with zero attached hydrogens (tertiary/aromatic N) is 3. The van der Waals surface area contributed by atoms with Crippen molar-refractivity contribution in [3.8, 4) is 11.4 Å². The fourth-order valence-corrected chi connectivity index (χ4v) is 4.22. The molecule has 0 radical (unpaired) electrons. The molecule has 1 saturated heterocycles. The second-order valence-electron chi connectivity index (χ2n) is 8.35. The van der Waals surface area contributed by atoms with Crippen LogP contribution in [0, 0.1) is 13.8 Å². The summed E-state index contributed by atoms with van der Waals surface area (Å²) in [5.41, 5.74) is 3.61. The van der Waals surface area contributed by atoms with Gasteiger partial charge in [-0.1, -0.05) is 11.6 Å². The minimum absolute atomic E-state index is 0.0595. The molecule has 0 amide bonds. The van der Waals surface area contributed by atoms with Crippen LogP contribution >= 0.6 is 0 Å². The highest BCUT2D eigenvalue weighted by Gasteiger charge is 2.29. The van der Waals surface area contributed by atoms with E-state index in [9.17, 15) is 4.79 Å². The zero-order valence-electron chi connectivity index (χ0n) is 17.1. The molecule has 1 fully saturated rings. The standard InChI is InChI=1S/C22H28N4O2/c1-15-11-16(2)19-17(12-15)13-18(21(27)24-19)20-23-5-6-25(20)14-22(3,4)26-7-9-28-10-8-26/h5-6,11-13H,7-10,14H2,1-4H3,(H,24,27). The van der Waals surface area contributed by atoms with E-state index in [0.717, 1.165) is 49.3 Å². The molecule has 1 N–H and O–H groups in total. The lowest BCUT2D eigenvalue weighted by Crippen LogP contribution is -2.52. The molecule has 6 heteroatoms. The van der Waals surface area contributed by atoms with Gasteiger partial charge in [-0.3, -0.25) is 9.69 Å². The van der Waals surface area contributed by atoms with E-state index in [1.807, 2.05) is 19.2 Å². The Balaban J connectivity index is 1.73. The Labute approximate surface area is 165 Å². The van der Waals surface area contributed by atoms with Crippen molar-refractivity contribution in [1.29, 1.82) is 0 Å². The Morgan fingerprint density at radius 1 is 1.18 bits per heavy atom. The molecule has 0 atom stereocenters. The number of H-pyrrole nitrogens is 1. The van der Waals surface area contributed by atoms with Crippen molar-refractivity contribution >= 4 is 10.9 Å². The molecule has 4 rings (SSSR count). The summed E-state index contributed by atoms with van der Waals surface area (Å²) < 4.78 is 7.58. The lowest BCUT2D eigenvalue weighted by Gasteiger charge is -2.41. The minimum atomic E-state index is -0.101. The number of ether oxygens (including phenoxy) is 1. The van der Waals surface area contributed by atoms with Crippen molar-refractivity contribution in [2.24, 2.45) is 0 Å². The van der Waals surface area contributed by atoms with Crippen molar-refractivity contribution in [2.75, 3.05) is 26.3 Å². The van der Waals surface area contributed by atoms with Gasteiger partial charge in [0.2, 0.25) is 0 Å².